The summed E-state index contributed by atoms with van der Waals surface area (Å²) in [7, 11) is 0. The molecule has 164 valence electrons. The van der Waals surface area contributed by atoms with E-state index in [1.807, 2.05) is 48.5 Å². The molecule has 2 saturated carbocycles. The van der Waals surface area contributed by atoms with Crippen molar-refractivity contribution < 1.29 is 9.59 Å². The first kappa shape index (κ1) is 21.9. The molecule has 2 N–H and O–H groups in total. The number of para-hydroxylation sites is 1. The van der Waals surface area contributed by atoms with Gasteiger partial charge in [-0.1, -0.05) is 43.7 Å². The molecule has 0 heterocycles. The van der Waals surface area contributed by atoms with Crippen LogP contribution in [0.15, 0.2) is 53.4 Å². The van der Waals surface area contributed by atoms with Crippen molar-refractivity contribution in [3.8, 4) is 0 Å². The number of benzene rings is 2. The highest BCUT2D eigenvalue weighted by Gasteiger charge is 2.42. The minimum Gasteiger partial charge on any atom is -0.353 e. The van der Waals surface area contributed by atoms with E-state index in [2.05, 4.69) is 24.5 Å². The molecule has 4 atom stereocenters. The molecule has 2 fully saturated rings. The van der Waals surface area contributed by atoms with Crippen molar-refractivity contribution in [1.29, 1.82) is 0 Å². The smallest absolute Gasteiger partial charge is 0.256 e. The Bertz CT molecular complexity index is 945. The molecule has 0 saturated heterocycles. The summed E-state index contributed by atoms with van der Waals surface area (Å²) >= 11 is 1.43. The van der Waals surface area contributed by atoms with E-state index < -0.39 is 0 Å². The highest BCUT2D eigenvalue weighted by Crippen LogP contribution is 2.49. The molecule has 4 nitrogen and oxygen atoms in total. The predicted octanol–water partition coefficient (Wildman–Crippen LogP) is 5.53. The third kappa shape index (κ3) is 5.15. The molecule has 2 bridgehead atoms. The number of hydrogen-bond acceptors (Lipinski definition) is 3. The lowest BCUT2D eigenvalue weighted by atomic mass is 9.84. The van der Waals surface area contributed by atoms with Crippen molar-refractivity contribution in [2.24, 2.45) is 17.8 Å². The largest absolute Gasteiger partial charge is 0.353 e. The summed E-state index contributed by atoms with van der Waals surface area (Å²) in [5, 5.41) is 6.26. The molecule has 2 aromatic carbocycles. The van der Waals surface area contributed by atoms with Crippen LogP contribution in [0.4, 0.5) is 5.69 Å². The summed E-state index contributed by atoms with van der Waals surface area (Å²) in [6, 6.07) is 15.6. The minimum absolute atomic E-state index is 0.0480. The van der Waals surface area contributed by atoms with Crippen LogP contribution < -0.4 is 10.6 Å². The number of hydrogen-bond donors (Lipinski definition) is 2. The van der Waals surface area contributed by atoms with Crippen LogP contribution in [0.25, 0.3) is 0 Å². The van der Waals surface area contributed by atoms with Gasteiger partial charge in [-0.3, -0.25) is 9.59 Å². The molecule has 0 aliphatic heterocycles. The fourth-order valence-corrected chi connectivity index (χ4v) is 6.23. The molecule has 0 spiro atoms. The maximum absolute atomic E-state index is 12.9. The van der Waals surface area contributed by atoms with E-state index in [4.69, 9.17) is 0 Å². The molecule has 2 aliphatic carbocycles. The predicted molar refractivity (Wildman–Crippen MR) is 127 cm³/mol. The number of fused-ring (bicyclic) bond motifs is 2. The Balaban J connectivity index is 1.35. The van der Waals surface area contributed by atoms with E-state index in [1.165, 1.54) is 37.4 Å². The van der Waals surface area contributed by atoms with Gasteiger partial charge in [0.2, 0.25) is 5.91 Å². The number of rotatable bonds is 8. The van der Waals surface area contributed by atoms with E-state index in [1.54, 1.807) is 0 Å². The second-order valence-electron chi connectivity index (χ2n) is 8.94. The molecular formula is C26H32N2O2S. The van der Waals surface area contributed by atoms with E-state index in [0.29, 0.717) is 17.2 Å². The van der Waals surface area contributed by atoms with Crippen molar-refractivity contribution in [3.63, 3.8) is 0 Å². The molecule has 2 aliphatic rings. The fraction of sp³-hybridized carbons (Fsp3) is 0.462. The van der Waals surface area contributed by atoms with Gasteiger partial charge in [-0.05, 0) is 74.1 Å². The van der Waals surface area contributed by atoms with Crippen LogP contribution in [0.1, 0.15) is 55.5 Å². The SMILES string of the molecule is CCc1ccccc1NC(=O)c1ccccc1SCC(=O)N[C@@H](C)[C@H]1C[C@H]2CC[C@H]1C2. The van der Waals surface area contributed by atoms with Crippen LogP contribution in [0.3, 0.4) is 0 Å². The van der Waals surface area contributed by atoms with E-state index >= 15 is 0 Å². The van der Waals surface area contributed by atoms with Gasteiger partial charge in [-0.2, -0.15) is 0 Å². The van der Waals surface area contributed by atoms with E-state index in [-0.39, 0.29) is 17.9 Å². The number of anilines is 1. The van der Waals surface area contributed by atoms with Gasteiger partial charge < -0.3 is 10.6 Å². The third-order valence-electron chi connectivity index (χ3n) is 6.96. The Morgan fingerprint density at radius 2 is 1.84 bits per heavy atom. The monoisotopic (exact) mass is 436 g/mol. The maximum Gasteiger partial charge on any atom is 0.256 e. The van der Waals surface area contributed by atoms with Crippen molar-refractivity contribution in [2.75, 3.05) is 11.1 Å². The molecule has 0 aromatic heterocycles. The Morgan fingerprint density at radius 3 is 2.58 bits per heavy atom. The van der Waals surface area contributed by atoms with E-state index in [9.17, 15) is 9.59 Å². The van der Waals surface area contributed by atoms with Gasteiger partial charge in [-0.25, -0.2) is 0 Å². The summed E-state index contributed by atoms with van der Waals surface area (Å²) < 4.78 is 0. The normalized spacial score (nSPS) is 22.8. The zero-order chi connectivity index (χ0) is 21.8. The molecule has 0 unspecified atom stereocenters. The Labute approximate surface area is 189 Å². The average Bonchev–Trinajstić information content (AvgIpc) is 3.42. The van der Waals surface area contributed by atoms with Gasteiger partial charge in [0.1, 0.15) is 0 Å². The second-order valence-corrected chi connectivity index (χ2v) is 9.96. The van der Waals surface area contributed by atoms with Gasteiger partial charge >= 0.3 is 0 Å². The number of carbonyl (C=O) groups excluding carboxylic acids is 2. The summed E-state index contributed by atoms with van der Waals surface area (Å²) in [5.74, 6) is 2.53. The molecule has 0 radical (unpaired) electrons. The first-order valence-electron chi connectivity index (χ1n) is 11.5. The zero-order valence-corrected chi connectivity index (χ0v) is 19.2. The van der Waals surface area contributed by atoms with Crippen molar-refractivity contribution in [2.45, 2.75) is 56.9 Å². The molecule has 2 aromatic rings. The molecule has 31 heavy (non-hydrogen) atoms. The fourth-order valence-electron chi connectivity index (χ4n) is 5.37. The van der Waals surface area contributed by atoms with Gasteiger partial charge in [0.05, 0.1) is 11.3 Å². The Morgan fingerprint density at radius 1 is 1.06 bits per heavy atom. The molecule has 4 rings (SSSR count). The second kappa shape index (κ2) is 9.90. The highest BCUT2D eigenvalue weighted by atomic mass is 32.2. The lowest BCUT2D eigenvalue weighted by Crippen LogP contribution is -2.40. The summed E-state index contributed by atoms with van der Waals surface area (Å²) in [6.45, 7) is 4.23. The first-order chi connectivity index (χ1) is 15.0. The maximum atomic E-state index is 12.9. The quantitative estimate of drug-likeness (QED) is 0.535. The lowest BCUT2D eigenvalue weighted by Gasteiger charge is -2.28. The van der Waals surface area contributed by atoms with Gasteiger partial charge in [0, 0.05) is 16.6 Å². The third-order valence-corrected chi connectivity index (χ3v) is 8.03. The highest BCUT2D eigenvalue weighted by molar-refractivity contribution is 8.00. The topological polar surface area (TPSA) is 58.2 Å². The van der Waals surface area contributed by atoms with Crippen LogP contribution in [0, 0.1) is 17.8 Å². The van der Waals surface area contributed by atoms with Crippen molar-refractivity contribution in [3.05, 3.63) is 59.7 Å². The number of thioether (sulfide) groups is 1. The van der Waals surface area contributed by atoms with Crippen LogP contribution in [0.2, 0.25) is 0 Å². The number of aryl methyl sites for hydroxylation is 1. The Hall–Kier alpha value is -2.27. The average molecular weight is 437 g/mol. The van der Waals surface area contributed by atoms with Crippen LogP contribution in [0.5, 0.6) is 0 Å². The van der Waals surface area contributed by atoms with Crippen LogP contribution in [-0.4, -0.2) is 23.6 Å². The van der Waals surface area contributed by atoms with Crippen molar-refractivity contribution in [1.82, 2.24) is 5.32 Å². The molecule has 2 amide bonds. The zero-order valence-electron chi connectivity index (χ0n) is 18.4. The minimum atomic E-state index is -0.139. The first-order valence-corrected chi connectivity index (χ1v) is 12.4. The van der Waals surface area contributed by atoms with Gasteiger partial charge in [-0.15, -0.1) is 11.8 Å². The van der Waals surface area contributed by atoms with Crippen LogP contribution >= 0.6 is 11.8 Å². The summed E-state index contributed by atoms with van der Waals surface area (Å²) in [6.07, 6.45) is 6.17. The molecular weight excluding hydrogens is 404 g/mol. The van der Waals surface area contributed by atoms with E-state index in [0.717, 1.165) is 34.4 Å². The van der Waals surface area contributed by atoms with Crippen molar-refractivity contribution >= 4 is 29.3 Å². The summed E-state index contributed by atoms with van der Waals surface area (Å²) in [4.78, 5) is 26.4. The standard InChI is InChI=1S/C26H32N2O2S/c1-3-19-8-4-6-10-23(19)28-26(30)21-9-5-7-11-24(21)31-16-25(29)27-17(2)22-15-18-12-13-20(22)14-18/h4-11,17-18,20,22H,3,12-16H2,1-2H3,(H,27,29)(H,28,30)/t17-,18-,20-,22+/m0/s1. The summed E-state index contributed by atoms with van der Waals surface area (Å²) in [5.41, 5.74) is 2.55. The van der Waals surface area contributed by atoms with Crippen LogP contribution in [-0.2, 0) is 11.2 Å². The molecule has 5 heteroatoms. The lowest BCUT2D eigenvalue weighted by molar-refractivity contribution is -0.119. The number of nitrogens with one attached hydrogen (secondary N) is 2. The number of carbonyl (C=O) groups is 2. The van der Waals surface area contributed by atoms with Gasteiger partial charge in [0.15, 0.2) is 0 Å². The Kier molecular flexibility index (Phi) is 7.01. The number of amides is 2. The van der Waals surface area contributed by atoms with Gasteiger partial charge in [0.25, 0.3) is 5.91 Å².